The first-order valence-electron chi connectivity index (χ1n) is 5.17. The van der Waals surface area contributed by atoms with Crippen molar-refractivity contribution in [1.82, 2.24) is 4.98 Å². The minimum atomic E-state index is -0.995. The second kappa shape index (κ2) is 6.07. The maximum Gasteiger partial charge on any atom is 0.339 e. The van der Waals surface area contributed by atoms with E-state index in [0.717, 1.165) is 0 Å². The molecule has 16 heavy (non-hydrogen) atoms. The van der Waals surface area contributed by atoms with Gasteiger partial charge in [0, 0.05) is 25.5 Å². The molecule has 0 saturated heterocycles. The van der Waals surface area contributed by atoms with Crippen LogP contribution in [-0.2, 0) is 0 Å². The van der Waals surface area contributed by atoms with Crippen LogP contribution in [0, 0.1) is 5.92 Å². The van der Waals surface area contributed by atoms with Crippen molar-refractivity contribution in [3.63, 3.8) is 0 Å². The van der Waals surface area contributed by atoms with Crippen molar-refractivity contribution in [3.05, 3.63) is 24.0 Å². The fourth-order valence-electron chi connectivity index (χ4n) is 1.33. The van der Waals surface area contributed by atoms with E-state index in [9.17, 15) is 4.79 Å². The number of rotatable bonds is 6. The van der Waals surface area contributed by atoms with Gasteiger partial charge in [0.25, 0.3) is 0 Å². The van der Waals surface area contributed by atoms with Crippen LogP contribution in [0.5, 0.6) is 0 Å². The fraction of sp³-hybridized carbons (Fsp3) is 0.455. The van der Waals surface area contributed by atoms with Crippen LogP contribution in [0.1, 0.15) is 23.7 Å². The first-order chi connectivity index (χ1) is 7.65. The number of hydrogen-bond donors (Lipinski definition) is 3. The molecule has 0 fully saturated rings. The van der Waals surface area contributed by atoms with Gasteiger partial charge in [-0.2, -0.15) is 0 Å². The molecule has 1 heterocycles. The van der Waals surface area contributed by atoms with E-state index < -0.39 is 5.97 Å². The highest BCUT2D eigenvalue weighted by Crippen LogP contribution is 2.14. The predicted molar refractivity (Wildman–Crippen MR) is 60.6 cm³/mol. The SMILES string of the molecule is CC(CCO)CNc1ccncc1C(=O)O. The van der Waals surface area contributed by atoms with Gasteiger partial charge in [-0.25, -0.2) is 4.79 Å². The zero-order chi connectivity index (χ0) is 12.0. The number of nitrogens with zero attached hydrogens (tertiary/aromatic N) is 1. The van der Waals surface area contributed by atoms with E-state index in [4.69, 9.17) is 10.2 Å². The van der Waals surface area contributed by atoms with Gasteiger partial charge in [-0.15, -0.1) is 0 Å². The minimum absolute atomic E-state index is 0.144. The summed E-state index contributed by atoms with van der Waals surface area (Å²) in [7, 11) is 0. The Labute approximate surface area is 94.1 Å². The fourth-order valence-corrected chi connectivity index (χ4v) is 1.33. The van der Waals surface area contributed by atoms with Gasteiger partial charge in [-0.3, -0.25) is 4.98 Å². The molecule has 0 aromatic carbocycles. The number of aromatic carboxylic acids is 1. The van der Waals surface area contributed by atoms with Crippen molar-refractivity contribution in [2.75, 3.05) is 18.5 Å². The Bertz CT molecular complexity index is 355. The van der Waals surface area contributed by atoms with Crippen molar-refractivity contribution in [1.29, 1.82) is 0 Å². The molecule has 0 bridgehead atoms. The van der Waals surface area contributed by atoms with Crippen molar-refractivity contribution in [2.24, 2.45) is 5.92 Å². The van der Waals surface area contributed by atoms with Crippen LogP contribution in [0.3, 0.4) is 0 Å². The summed E-state index contributed by atoms with van der Waals surface area (Å²) in [5.74, 6) is -0.703. The lowest BCUT2D eigenvalue weighted by Crippen LogP contribution is -2.14. The minimum Gasteiger partial charge on any atom is -0.478 e. The molecule has 1 rings (SSSR count). The molecule has 0 aliphatic heterocycles. The molecule has 0 saturated carbocycles. The van der Waals surface area contributed by atoms with Crippen molar-refractivity contribution < 1.29 is 15.0 Å². The molecule has 1 aromatic rings. The lowest BCUT2D eigenvalue weighted by Gasteiger charge is -2.13. The molecular weight excluding hydrogens is 208 g/mol. The van der Waals surface area contributed by atoms with Crippen LogP contribution in [0.15, 0.2) is 18.5 Å². The molecule has 88 valence electrons. The topological polar surface area (TPSA) is 82.5 Å². The number of aliphatic hydroxyl groups is 1. The summed E-state index contributed by atoms with van der Waals surface area (Å²) in [6, 6.07) is 1.63. The lowest BCUT2D eigenvalue weighted by atomic mass is 10.1. The third-order valence-electron chi connectivity index (χ3n) is 2.31. The first kappa shape index (κ1) is 12.4. The number of pyridine rings is 1. The number of aromatic nitrogens is 1. The van der Waals surface area contributed by atoms with E-state index in [-0.39, 0.29) is 12.2 Å². The van der Waals surface area contributed by atoms with Gasteiger partial charge in [-0.05, 0) is 18.4 Å². The molecule has 1 atom stereocenters. The second-order valence-electron chi connectivity index (χ2n) is 3.72. The summed E-state index contributed by atoms with van der Waals surface area (Å²) < 4.78 is 0. The smallest absolute Gasteiger partial charge is 0.339 e. The van der Waals surface area contributed by atoms with Crippen LogP contribution in [0.25, 0.3) is 0 Å². The van der Waals surface area contributed by atoms with Crippen LogP contribution < -0.4 is 5.32 Å². The Morgan fingerprint density at radius 1 is 1.62 bits per heavy atom. The van der Waals surface area contributed by atoms with Crippen molar-refractivity contribution in [3.8, 4) is 0 Å². The van der Waals surface area contributed by atoms with Gasteiger partial charge in [-0.1, -0.05) is 6.92 Å². The number of aliphatic hydroxyl groups excluding tert-OH is 1. The summed E-state index contributed by atoms with van der Waals surface area (Å²) in [6.45, 7) is 2.76. The summed E-state index contributed by atoms with van der Waals surface area (Å²) in [5.41, 5.74) is 0.728. The predicted octanol–water partition coefficient (Wildman–Crippen LogP) is 1.21. The molecule has 3 N–H and O–H groups in total. The zero-order valence-corrected chi connectivity index (χ0v) is 9.18. The average molecular weight is 224 g/mol. The van der Waals surface area contributed by atoms with Crippen LogP contribution in [0.2, 0.25) is 0 Å². The summed E-state index contributed by atoms with van der Waals surface area (Å²) in [5, 5.41) is 20.7. The monoisotopic (exact) mass is 224 g/mol. The van der Waals surface area contributed by atoms with Gasteiger partial charge >= 0.3 is 5.97 Å². The van der Waals surface area contributed by atoms with Crippen LogP contribution in [-0.4, -0.2) is 34.3 Å². The standard InChI is InChI=1S/C11H16N2O3/c1-8(3-5-14)6-13-10-2-4-12-7-9(10)11(15)16/h2,4,7-8,14H,3,5-6H2,1H3,(H,12,13)(H,15,16). The highest BCUT2D eigenvalue weighted by atomic mass is 16.4. The van der Waals surface area contributed by atoms with E-state index in [1.54, 1.807) is 12.3 Å². The Kier molecular flexibility index (Phi) is 4.72. The molecular formula is C11H16N2O3. The Morgan fingerprint density at radius 2 is 2.38 bits per heavy atom. The Morgan fingerprint density at radius 3 is 3.00 bits per heavy atom. The molecule has 0 spiro atoms. The van der Waals surface area contributed by atoms with E-state index in [2.05, 4.69) is 10.3 Å². The van der Waals surface area contributed by atoms with Gasteiger partial charge in [0.15, 0.2) is 0 Å². The molecule has 0 radical (unpaired) electrons. The van der Waals surface area contributed by atoms with Crippen LogP contribution in [0.4, 0.5) is 5.69 Å². The summed E-state index contributed by atoms with van der Waals surface area (Å²) in [4.78, 5) is 14.6. The average Bonchev–Trinajstić information content (AvgIpc) is 2.27. The van der Waals surface area contributed by atoms with E-state index >= 15 is 0 Å². The Hall–Kier alpha value is -1.62. The number of carbonyl (C=O) groups is 1. The maximum atomic E-state index is 10.9. The molecule has 0 aliphatic rings. The lowest BCUT2D eigenvalue weighted by molar-refractivity contribution is 0.0697. The van der Waals surface area contributed by atoms with E-state index in [0.29, 0.717) is 24.6 Å². The number of nitrogens with one attached hydrogen (secondary N) is 1. The molecule has 5 nitrogen and oxygen atoms in total. The highest BCUT2D eigenvalue weighted by Gasteiger charge is 2.10. The van der Waals surface area contributed by atoms with Gasteiger partial charge in [0.05, 0.1) is 5.69 Å². The summed E-state index contributed by atoms with van der Waals surface area (Å²) >= 11 is 0. The number of anilines is 1. The zero-order valence-electron chi connectivity index (χ0n) is 9.18. The maximum absolute atomic E-state index is 10.9. The van der Waals surface area contributed by atoms with E-state index in [1.807, 2.05) is 6.92 Å². The van der Waals surface area contributed by atoms with Crippen molar-refractivity contribution >= 4 is 11.7 Å². The second-order valence-corrected chi connectivity index (χ2v) is 3.72. The van der Waals surface area contributed by atoms with Crippen LogP contribution >= 0.6 is 0 Å². The third kappa shape index (κ3) is 3.51. The Balaban J connectivity index is 2.63. The number of carboxylic acids is 1. The summed E-state index contributed by atoms with van der Waals surface area (Å²) in [6.07, 6.45) is 3.56. The third-order valence-corrected chi connectivity index (χ3v) is 2.31. The number of carboxylic acid groups (broad SMARTS) is 1. The number of hydrogen-bond acceptors (Lipinski definition) is 4. The molecule has 1 unspecified atom stereocenters. The normalized spacial score (nSPS) is 12.1. The van der Waals surface area contributed by atoms with Gasteiger partial charge in [0.1, 0.15) is 5.56 Å². The quantitative estimate of drug-likeness (QED) is 0.676. The molecule has 0 amide bonds. The van der Waals surface area contributed by atoms with Gasteiger partial charge in [0.2, 0.25) is 0 Å². The molecule has 5 heteroatoms. The first-order valence-corrected chi connectivity index (χ1v) is 5.17. The van der Waals surface area contributed by atoms with Gasteiger partial charge < -0.3 is 15.5 Å². The highest BCUT2D eigenvalue weighted by molar-refractivity contribution is 5.93. The molecule has 1 aromatic heterocycles. The molecule has 0 aliphatic carbocycles. The van der Waals surface area contributed by atoms with E-state index in [1.165, 1.54) is 6.20 Å². The van der Waals surface area contributed by atoms with Crippen molar-refractivity contribution in [2.45, 2.75) is 13.3 Å². The largest absolute Gasteiger partial charge is 0.478 e.